The van der Waals surface area contributed by atoms with Gasteiger partial charge in [0.25, 0.3) is 0 Å². The van der Waals surface area contributed by atoms with E-state index in [0.717, 1.165) is 11.6 Å². The first kappa shape index (κ1) is 28.5. The van der Waals surface area contributed by atoms with Crippen LogP contribution in [-0.4, -0.2) is 49.9 Å². The summed E-state index contributed by atoms with van der Waals surface area (Å²) in [6, 6.07) is 11.5. The quantitative estimate of drug-likeness (QED) is 0.241. The highest BCUT2D eigenvalue weighted by atomic mass is 28.3. The van der Waals surface area contributed by atoms with Gasteiger partial charge in [-0.2, -0.15) is 5.10 Å². The van der Waals surface area contributed by atoms with Crippen molar-refractivity contribution in [2.75, 3.05) is 13.7 Å². The Bertz CT molecular complexity index is 1290. The van der Waals surface area contributed by atoms with Crippen LogP contribution in [0.25, 0.3) is 22.4 Å². The molecule has 1 saturated heterocycles. The maximum Gasteiger partial charge on any atom is 0.497 e. The lowest BCUT2D eigenvalue weighted by Gasteiger charge is -2.32. The number of rotatable bonds is 9. The van der Waals surface area contributed by atoms with Gasteiger partial charge < -0.3 is 18.8 Å². The van der Waals surface area contributed by atoms with Crippen molar-refractivity contribution in [2.24, 2.45) is 0 Å². The summed E-state index contributed by atoms with van der Waals surface area (Å²) in [6.45, 7) is 15.1. The van der Waals surface area contributed by atoms with E-state index in [0.29, 0.717) is 23.6 Å². The number of nitrogens with zero attached hydrogens (tertiary/aromatic N) is 2. The molecular formula is C28H37BF2N2O4Si. The maximum absolute atomic E-state index is 15.7. The molecule has 204 valence electrons. The van der Waals surface area contributed by atoms with Crippen LogP contribution in [0.4, 0.5) is 8.78 Å². The van der Waals surface area contributed by atoms with Gasteiger partial charge in [-0.15, -0.1) is 0 Å². The van der Waals surface area contributed by atoms with E-state index in [9.17, 15) is 0 Å². The van der Waals surface area contributed by atoms with Gasteiger partial charge in [-0.05, 0) is 45.9 Å². The van der Waals surface area contributed by atoms with Gasteiger partial charge in [-0.25, -0.2) is 13.5 Å². The molecule has 1 aromatic heterocycles. The second-order valence-electron chi connectivity index (χ2n) is 11.9. The fraction of sp³-hybridized carbons (Fsp3) is 0.464. The van der Waals surface area contributed by atoms with Crippen LogP contribution in [0.15, 0.2) is 42.6 Å². The summed E-state index contributed by atoms with van der Waals surface area (Å²) in [5.41, 5.74) is 0.581. The molecule has 3 aromatic rings. The Morgan fingerprint density at radius 3 is 2.29 bits per heavy atom. The predicted octanol–water partition coefficient (Wildman–Crippen LogP) is 6.12. The zero-order chi connectivity index (χ0) is 27.9. The van der Waals surface area contributed by atoms with Gasteiger partial charge >= 0.3 is 7.12 Å². The van der Waals surface area contributed by atoms with Crippen molar-refractivity contribution in [1.29, 1.82) is 0 Å². The summed E-state index contributed by atoms with van der Waals surface area (Å²) in [6.07, 6.45) is 1.54. The molecule has 1 aliphatic rings. The molecule has 6 nitrogen and oxygen atoms in total. The monoisotopic (exact) mass is 542 g/mol. The number of hydrogen-bond acceptors (Lipinski definition) is 5. The van der Waals surface area contributed by atoms with Crippen molar-refractivity contribution >= 4 is 20.7 Å². The van der Waals surface area contributed by atoms with Crippen molar-refractivity contribution < 1.29 is 27.6 Å². The first-order valence-electron chi connectivity index (χ1n) is 12.9. The average molecular weight is 543 g/mol. The topological polar surface area (TPSA) is 54.7 Å². The van der Waals surface area contributed by atoms with Crippen LogP contribution in [0.5, 0.6) is 5.75 Å². The van der Waals surface area contributed by atoms with Crippen LogP contribution < -0.4 is 10.2 Å². The van der Waals surface area contributed by atoms with Crippen molar-refractivity contribution in [1.82, 2.24) is 9.78 Å². The normalized spacial score (nSPS) is 16.7. The zero-order valence-electron chi connectivity index (χ0n) is 23.5. The minimum atomic E-state index is -1.26. The molecule has 0 atom stereocenters. The first-order valence-corrected chi connectivity index (χ1v) is 16.6. The number of methoxy groups -OCH3 is 1. The van der Waals surface area contributed by atoms with E-state index in [4.69, 9.17) is 18.8 Å². The van der Waals surface area contributed by atoms with E-state index in [1.807, 2.05) is 52.0 Å². The SMILES string of the molecule is COc1cccc(-c2c(-c3ccc(B4OC(C)(C)C(C)(C)O4)c(F)c3F)cnn2COCC[Si](C)(C)C)c1. The van der Waals surface area contributed by atoms with Crippen LogP contribution in [0.3, 0.4) is 0 Å². The lowest BCUT2D eigenvalue weighted by Crippen LogP contribution is -2.41. The van der Waals surface area contributed by atoms with Crippen LogP contribution in [0, 0.1) is 11.6 Å². The summed E-state index contributed by atoms with van der Waals surface area (Å²) >= 11 is 0. The Morgan fingerprint density at radius 1 is 0.974 bits per heavy atom. The Balaban J connectivity index is 1.72. The summed E-state index contributed by atoms with van der Waals surface area (Å²) in [7, 11) is -0.691. The fourth-order valence-electron chi connectivity index (χ4n) is 4.21. The molecule has 2 heterocycles. The van der Waals surface area contributed by atoms with Gasteiger partial charge in [0.2, 0.25) is 0 Å². The minimum absolute atomic E-state index is 0.0231. The first-order chi connectivity index (χ1) is 17.7. The van der Waals surface area contributed by atoms with Crippen molar-refractivity contribution in [3.05, 3.63) is 54.2 Å². The lowest BCUT2D eigenvalue weighted by molar-refractivity contribution is 0.00578. The summed E-state index contributed by atoms with van der Waals surface area (Å²) in [5.74, 6) is -1.35. The van der Waals surface area contributed by atoms with E-state index in [1.54, 1.807) is 24.1 Å². The molecule has 10 heteroatoms. The standard InChI is InChI=1S/C28H37BF2N2O4Si/c1-27(2)28(3,4)37-29(36-27)23-13-12-21(24(30)25(23)31)22-17-32-33(18-35-14-15-38(6,7)8)26(22)19-10-9-11-20(16-19)34-5/h9-13,16-17H,14-15,18H2,1-8H3. The highest BCUT2D eigenvalue weighted by Gasteiger charge is 2.52. The smallest absolute Gasteiger partial charge is 0.497 e. The van der Waals surface area contributed by atoms with Crippen LogP contribution in [0.2, 0.25) is 25.7 Å². The molecule has 0 spiro atoms. The molecule has 0 saturated carbocycles. The second-order valence-corrected chi connectivity index (χ2v) is 17.5. The Labute approximate surface area is 225 Å². The highest BCUT2D eigenvalue weighted by Crippen LogP contribution is 2.38. The van der Waals surface area contributed by atoms with Gasteiger partial charge in [0, 0.05) is 36.8 Å². The summed E-state index contributed by atoms with van der Waals surface area (Å²) < 4.78 is 56.2. The molecule has 0 radical (unpaired) electrons. The molecule has 0 bridgehead atoms. The molecule has 2 aromatic carbocycles. The van der Waals surface area contributed by atoms with E-state index in [1.165, 1.54) is 6.07 Å². The zero-order valence-corrected chi connectivity index (χ0v) is 24.5. The van der Waals surface area contributed by atoms with Gasteiger partial charge in [0.15, 0.2) is 11.6 Å². The van der Waals surface area contributed by atoms with Crippen molar-refractivity contribution in [3.63, 3.8) is 0 Å². The molecule has 1 fully saturated rings. The second kappa shape index (κ2) is 10.6. The van der Waals surface area contributed by atoms with Gasteiger partial charge in [0.1, 0.15) is 12.5 Å². The highest BCUT2D eigenvalue weighted by molar-refractivity contribution is 6.76. The number of benzene rings is 2. The van der Waals surface area contributed by atoms with Crippen LogP contribution in [0.1, 0.15) is 27.7 Å². The Kier molecular flexibility index (Phi) is 7.92. The van der Waals surface area contributed by atoms with Crippen LogP contribution in [-0.2, 0) is 20.8 Å². The molecule has 0 aliphatic carbocycles. The van der Waals surface area contributed by atoms with Gasteiger partial charge in [0.05, 0.1) is 30.2 Å². The molecule has 0 amide bonds. The minimum Gasteiger partial charge on any atom is -0.497 e. The van der Waals surface area contributed by atoms with E-state index in [-0.39, 0.29) is 17.8 Å². The molecule has 38 heavy (non-hydrogen) atoms. The van der Waals surface area contributed by atoms with E-state index in [2.05, 4.69) is 24.7 Å². The maximum atomic E-state index is 15.7. The van der Waals surface area contributed by atoms with E-state index < -0.39 is 38.0 Å². The summed E-state index contributed by atoms with van der Waals surface area (Å²) in [5, 5.41) is 4.49. The molecule has 0 unspecified atom stereocenters. The fourth-order valence-corrected chi connectivity index (χ4v) is 4.97. The van der Waals surface area contributed by atoms with E-state index >= 15 is 8.78 Å². The average Bonchev–Trinajstić information content (AvgIpc) is 3.34. The van der Waals surface area contributed by atoms with Crippen molar-refractivity contribution in [3.8, 4) is 28.1 Å². The third-order valence-corrected chi connectivity index (χ3v) is 9.01. The number of aromatic nitrogens is 2. The number of ether oxygens (including phenoxy) is 2. The lowest BCUT2D eigenvalue weighted by atomic mass is 9.77. The molecular weight excluding hydrogens is 505 g/mol. The van der Waals surface area contributed by atoms with Crippen LogP contribution >= 0.6 is 0 Å². The number of hydrogen-bond donors (Lipinski definition) is 0. The third-order valence-electron chi connectivity index (χ3n) is 7.30. The predicted molar refractivity (Wildman–Crippen MR) is 149 cm³/mol. The Hall–Kier alpha value is -2.53. The molecule has 1 aliphatic heterocycles. The molecule has 4 rings (SSSR count). The third kappa shape index (κ3) is 5.73. The number of halogens is 2. The van der Waals surface area contributed by atoms with Gasteiger partial charge in [-0.1, -0.05) is 43.9 Å². The largest absolute Gasteiger partial charge is 0.497 e. The molecule has 0 N–H and O–H groups in total. The van der Waals surface area contributed by atoms with Crippen molar-refractivity contribution in [2.45, 2.75) is 71.3 Å². The van der Waals surface area contributed by atoms with Gasteiger partial charge in [-0.3, -0.25) is 0 Å². The Morgan fingerprint density at radius 2 is 1.66 bits per heavy atom. The summed E-state index contributed by atoms with van der Waals surface area (Å²) in [4.78, 5) is 0.